The smallest absolute Gasteiger partial charge is 0.227 e. The molecule has 0 atom stereocenters. The number of nitrogens with one attached hydrogen (secondary N) is 1. The summed E-state index contributed by atoms with van der Waals surface area (Å²) in [6.07, 6.45) is 0.609. The fourth-order valence-corrected chi connectivity index (χ4v) is 2.24. The standard InChI is InChI=1S/C17H14ClN3O2/c18-13-8-4-5-9-14(13)19-15(22)10-11-16-20-17(21-23-16)12-6-2-1-3-7-12/h1-9H,10-11H2,(H,19,22). The number of nitrogens with zero attached hydrogens (tertiary/aromatic N) is 2. The number of carbonyl (C=O) groups excluding carboxylic acids is 1. The third kappa shape index (κ3) is 3.96. The van der Waals surface area contributed by atoms with Gasteiger partial charge in [0.1, 0.15) is 0 Å². The van der Waals surface area contributed by atoms with Crippen LogP contribution in [0, 0.1) is 0 Å². The van der Waals surface area contributed by atoms with E-state index in [2.05, 4.69) is 15.5 Å². The average molecular weight is 328 g/mol. The highest BCUT2D eigenvalue weighted by molar-refractivity contribution is 6.33. The molecule has 0 unspecified atom stereocenters. The van der Waals surface area contributed by atoms with Gasteiger partial charge in [0.15, 0.2) is 0 Å². The van der Waals surface area contributed by atoms with E-state index in [4.69, 9.17) is 16.1 Å². The van der Waals surface area contributed by atoms with Crippen molar-refractivity contribution in [3.8, 4) is 11.4 Å². The molecule has 23 heavy (non-hydrogen) atoms. The molecule has 0 spiro atoms. The first-order valence-electron chi connectivity index (χ1n) is 7.15. The molecule has 0 fully saturated rings. The van der Waals surface area contributed by atoms with Crippen LogP contribution in [0.25, 0.3) is 11.4 Å². The molecule has 0 aliphatic carbocycles. The van der Waals surface area contributed by atoms with E-state index in [1.165, 1.54) is 0 Å². The molecule has 0 radical (unpaired) electrons. The van der Waals surface area contributed by atoms with Crippen molar-refractivity contribution in [3.63, 3.8) is 0 Å². The van der Waals surface area contributed by atoms with Crippen molar-refractivity contribution in [2.45, 2.75) is 12.8 Å². The number of rotatable bonds is 5. The zero-order valence-electron chi connectivity index (χ0n) is 12.2. The van der Waals surface area contributed by atoms with Crippen molar-refractivity contribution >= 4 is 23.2 Å². The molecule has 0 aliphatic rings. The molecular weight excluding hydrogens is 314 g/mol. The summed E-state index contributed by atoms with van der Waals surface area (Å²) in [6, 6.07) is 16.6. The van der Waals surface area contributed by atoms with Crippen molar-refractivity contribution < 1.29 is 9.32 Å². The van der Waals surface area contributed by atoms with Crippen LogP contribution in [0.2, 0.25) is 5.02 Å². The molecule has 5 nitrogen and oxygen atoms in total. The lowest BCUT2D eigenvalue weighted by Crippen LogP contribution is -2.12. The molecular formula is C17H14ClN3O2. The largest absolute Gasteiger partial charge is 0.339 e. The predicted molar refractivity (Wildman–Crippen MR) is 88.1 cm³/mol. The minimum Gasteiger partial charge on any atom is -0.339 e. The molecule has 116 valence electrons. The van der Waals surface area contributed by atoms with E-state index in [0.717, 1.165) is 5.56 Å². The van der Waals surface area contributed by atoms with Gasteiger partial charge in [0.05, 0.1) is 10.7 Å². The van der Waals surface area contributed by atoms with Gasteiger partial charge in [-0.1, -0.05) is 59.2 Å². The highest BCUT2D eigenvalue weighted by Gasteiger charge is 2.11. The third-order valence-electron chi connectivity index (χ3n) is 3.21. The minimum absolute atomic E-state index is 0.155. The van der Waals surface area contributed by atoms with Crippen LogP contribution < -0.4 is 5.32 Å². The lowest BCUT2D eigenvalue weighted by molar-refractivity contribution is -0.116. The second kappa shape index (κ2) is 7.07. The molecule has 1 heterocycles. The molecule has 2 aromatic carbocycles. The topological polar surface area (TPSA) is 68.0 Å². The Morgan fingerprint density at radius 1 is 1.09 bits per heavy atom. The van der Waals surface area contributed by atoms with Gasteiger partial charge < -0.3 is 9.84 Å². The zero-order chi connectivity index (χ0) is 16.1. The molecule has 0 saturated heterocycles. The first kappa shape index (κ1) is 15.2. The van der Waals surface area contributed by atoms with Crippen LogP contribution in [-0.4, -0.2) is 16.0 Å². The number of aryl methyl sites for hydroxylation is 1. The third-order valence-corrected chi connectivity index (χ3v) is 3.54. The van der Waals surface area contributed by atoms with Crippen molar-refractivity contribution in [1.29, 1.82) is 0 Å². The second-order valence-corrected chi connectivity index (χ2v) is 5.31. The summed E-state index contributed by atoms with van der Waals surface area (Å²) in [6.45, 7) is 0. The maximum Gasteiger partial charge on any atom is 0.227 e. The van der Waals surface area contributed by atoms with Gasteiger partial charge in [-0.15, -0.1) is 0 Å². The monoisotopic (exact) mass is 327 g/mol. The van der Waals surface area contributed by atoms with E-state index in [9.17, 15) is 4.79 Å². The molecule has 3 aromatic rings. The highest BCUT2D eigenvalue weighted by Crippen LogP contribution is 2.21. The summed E-state index contributed by atoms with van der Waals surface area (Å²) in [7, 11) is 0. The summed E-state index contributed by atoms with van der Waals surface area (Å²) >= 11 is 6.00. The van der Waals surface area contributed by atoms with Gasteiger partial charge in [0.2, 0.25) is 17.6 Å². The molecule has 0 bridgehead atoms. The molecule has 1 aromatic heterocycles. The Hall–Kier alpha value is -2.66. The Kier molecular flexibility index (Phi) is 4.68. The van der Waals surface area contributed by atoms with E-state index in [-0.39, 0.29) is 12.3 Å². The normalized spacial score (nSPS) is 10.5. The summed E-state index contributed by atoms with van der Waals surface area (Å²) in [5, 5.41) is 7.19. The number of hydrogen-bond donors (Lipinski definition) is 1. The Morgan fingerprint density at radius 2 is 1.83 bits per heavy atom. The number of anilines is 1. The molecule has 0 saturated carbocycles. The van der Waals surface area contributed by atoms with Crippen LogP contribution in [0.5, 0.6) is 0 Å². The number of carbonyl (C=O) groups is 1. The maximum absolute atomic E-state index is 12.0. The molecule has 3 rings (SSSR count). The van der Waals surface area contributed by atoms with E-state index in [0.29, 0.717) is 28.8 Å². The minimum atomic E-state index is -0.155. The number of aromatic nitrogens is 2. The summed E-state index contributed by atoms with van der Waals surface area (Å²) in [5.41, 5.74) is 1.47. The fraction of sp³-hybridized carbons (Fsp3) is 0.118. The number of para-hydroxylation sites is 1. The van der Waals surface area contributed by atoms with Crippen molar-refractivity contribution in [3.05, 3.63) is 65.5 Å². The first-order valence-corrected chi connectivity index (χ1v) is 7.52. The number of halogens is 1. The van der Waals surface area contributed by atoms with Crippen LogP contribution in [0.3, 0.4) is 0 Å². The lowest BCUT2D eigenvalue weighted by atomic mass is 10.2. The Balaban J connectivity index is 1.58. The van der Waals surface area contributed by atoms with Crippen LogP contribution in [0.1, 0.15) is 12.3 Å². The molecule has 1 amide bonds. The molecule has 6 heteroatoms. The average Bonchev–Trinajstić information content (AvgIpc) is 3.05. The van der Waals surface area contributed by atoms with Crippen LogP contribution in [0.15, 0.2) is 59.1 Å². The summed E-state index contributed by atoms with van der Waals surface area (Å²) in [4.78, 5) is 16.2. The predicted octanol–water partition coefficient (Wildman–Crippen LogP) is 3.96. The zero-order valence-corrected chi connectivity index (χ0v) is 13.0. The number of hydrogen-bond acceptors (Lipinski definition) is 4. The van der Waals surface area contributed by atoms with Gasteiger partial charge in [-0.3, -0.25) is 4.79 Å². The van der Waals surface area contributed by atoms with Crippen LogP contribution in [-0.2, 0) is 11.2 Å². The van der Waals surface area contributed by atoms with Gasteiger partial charge in [0.25, 0.3) is 0 Å². The van der Waals surface area contributed by atoms with Gasteiger partial charge in [-0.05, 0) is 12.1 Å². The van der Waals surface area contributed by atoms with Crippen molar-refractivity contribution in [2.24, 2.45) is 0 Å². The van der Waals surface area contributed by atoms with E-state index in [1.807, 2.05) is 42.5 Å². The van der Waals surface area contributed by atoms with Crippen molar-refractivity contribution in [1.82, 2.24) is 10.1 Å². The van der Waals surface area contributed by atoms with Gasteiger partial charge in [0, 0.05) is 18.4 Å². The number of amides is 1. The van der Waals surface area contributed by atoms with Gasteiger partial charge in [-0.2, -0.15) is 4.98 Å². The first-order chi connectivity index (χ1) is 11.2. The highest BCUT2D eigenvalue weighted by atomic mass is 35.5. The van der Waals surface area contributed by atoms with E-state index >= 15 is 0 Å². The van der Waals surface area contributed by atoms with Crippen LogP contribution in [0.4, 0.5) is 5.69 Å². The van der Waals surface area contributed by atoms with Crippen LogP contribution >= 0.6 is 11.6 Å². The Labute approximate surface area is 138 Å². The fourth-order valence-electron chi connectivity index (χ4n) is 2.06. The quantitative estimate of drug-likeness (QED) is 0.770. The SMILES string of the molecule is O=C(CCc1nc(-c2ccccc2)no1)Nc1ccccc1Cl. The summed E-state index contributed by atoms with van der Waals surface area (Å²) < 4.78 is 5.18. The molecule has 0 aliphatic heterocycles. The molecule has 1 N–H and O–H groups in total. The number of benzene rings is 2. The van der Waals surface area contributed by atoms with E-state index < -0.39 is 0 Å². The van der Waals surface area contributed by atoms with Gasteiger partial charge >= 0.3 is 0 Å². The Morgan fingerprint density at radius 3 is 2.61 bits per heavy atom. The van der Waals surface area contributed by atoms with Gasteiger partial charge in [-0.25, -0.2) is 0 Å². The lowest BCUT2D eigenvalue weighted by Gasteiger charge is -2.05. The second-order valence-electron chi connectivity index (χ2n) is 4.91. The van der Waals surface area contributed by atoms with E-state index in [1.54, 1.807) is 12.1 Å². The van der Waals surface area contributed by atoms with Crippen molar-refractivity contribution in [2.75, 3.05) is 5.32 Å². The Bertz CT molecular complexity index is 802. The summed E-state index contributed by atoms with van der Waals surface area (Å²) in [5.74, 6) is 0.794. The maximum atomic E-state index is 12.0.